The maximum absolute atomic E-state index is 12.6. The molecule has 0 aliphatic heterocycles. The molecule has 1 aromatic rings. The summed E-state index contributed by atoms with van der Waals surface area (Å²) in [6, 6.07) is 8.44. The maximum Gasteiger partial charge on any atom is 0.163 e. The van der Waals surface area contributed by atoms with Crippen molar-refractivity contribution in [2.45, 2.75) is 40.5 Å². The molecule has 0 spiro atoms. The van der Waals surface area contributed by atoms with Gasteiger partial charge in [-0.3, -0.25) is 4.79 Å². The van der Waals surface area contributed by atoms with Crippen molar-refractivity contribution in [3.8, 4) is 0 Å². The van der Waals surface area contributed by atoms with Crippen molar-refractivity contribution >= 4 is 11.9 Å². The predicted molar refractivity (Wildman–Crippen MR) is 78.8 cm³/mol. The molecule has 0 amide bonds. The molecule has 2 saturated carbocycles. The van der Waals surface area contributed by atoms with Gasteiger partial charge in [-0.15, -0.1) is 0 Å². The van der Waals surface area contributed by atoms with Crippen LogP contribution in [0.1, 0.15) is 44.7 Å². The highest BCUT2D eigenvalue weighted by molar-refractivity contribution is 6.06. The molecular weight excluding hydrogens is 232 g/mol. The second kappa shape index (κ2) is 3.82. The van der Waals surface area contributed by atoms with Crippen LogP contribution in [0.25, 0.3) is 6.08 Å². The highest BCUT2D eigenvalue weighted by Crippen LogP contribution is 2.66. The second-order valence-electron chi connectivity index (χ2n) is 6.98. The third kappa shape index (κ3) is 1.57. The zero-order valence-corrected chi connectivity index (χ0v) is 12.3. The van der Waals surface area contributed by atoms with E-state index in [-0.39, 0.29) is 16.7 Å². The van der Waals surface area contributed by atoms with E-state index in [9.17, 15) is 4.79 Å². The fourth-order valence-electron chi connectivity index (χ4n) is 3.96. The lowest BCUT2D eigenvalue weighted by Crippen LogP contribution is -2.27. The van der Waals surface area contributed by atoms with Crippen LogP contribution >= 0.6 is 0 Å². The van der Waals surface area contributed by atoms with E-state index in [1.54, 1.807) is 0 Å². The molecule has 1 heteroatoms. The van der Waals surface area contributed by atoms with Gasteiger partial charge < -0.3 is 0 Å². The molecule has 0 N–H and O–H groups in total. The van der Waals surface area contributed by atoms with E-state index in [0.717, 1.165) is 24.0 Å². The number of hydrogen-bond acceptors (Lipinski definition) is 1. The Kier molecular flexibility index (Phi) is 2.54. The molecular formula is C18H22O. The van der Waals surface area contributed by atoms with Gasteiger partial charge in [-0.1, -0.05) is 50.6 Å². The van der Waals surface area contributed by atoms with Crippen molar-refractivity contribution in [1.82, 2.24) is 0 Å². The molecule has 2 aliphatic rings. The smallest absolute Gasteiger partial charge is 0.163 e. The van der Waals surface area contributed by atoms with Gasteiger partial charge in [0.1, 0.15) is 0 Å². The number of benzene rings is 1. The summed E-state index contributed by atoms with van der Waals surface area (Å²) in [6.45, 7) is 8.89. The second-order valence-corrected chi connectivity index (χ2v) is 6.98. The molecule has 3 rings (SSSR count). The Morgan fingerprint density at radius 2 is 1.79 bits per heavy atom. The van der Waals surface area contributed by atoms with Crippen molar-refractivity contribution in [2.24, 2.45) is 16.7 Å². The zero-order valence-electron chi connectivity index (χ0n) is 12.3. The Morgan fingerprint density at radius 1 is 1.16 bits per heavy atom. The summed E-state index contributed by atoms with van der Waals surface area (Å²) in [7, 11) is 0. The van der Waals surface area contributed by atoms with Crippen LogP contribution in [0.5, 0.6) is 0 Å². The summed E-state index contributed by atoms with van der Waals surface area (Å²) in [6.07, 6.45) is 4.34. The molecule has 2 fully saturated rings. The van der Waals surface area contributed by atoms with Crippen molar-refractivity contribution in [1.29, 1.82) is 0 Å². The van der Waals surface area contributed by atoms with Gasteiger partial charge >= 0.3 is 0 Å². The Labute approximate surface area is 115 Å². The van der Waals surface area contributed by atoms with E-state index < -0.39 is 0 Å². The van der Waals surface area contributed by atoms with E-state index in [4.69, 9.17) is 0 Å². The highest BCUT2D eigenvalue weighted by Gasteiger charge is 2.63. The van der Waals surface area contributed by atoms with E-state index in [1.165, 1.54) is 5.56 Å². The topological polar surface area (TPSA) is 17.1 Å². The number of aryl methyl sites for hydroxylation is 1. The number of carbonyl (C=O) groups excluding carboxylic acids is 1. The Morgan fingerprint density at radius 3 is 2.32 bits per heavy atom. The van der Waals surface area contributed by atoms with Crippen LogP contribution in [-0.2, 0) is 4.79 Å². The van der Waals surface area contributed by atoms with Crippen LogP contribution in [0.15, 0.2) is 29.8 Å². The molecule has 0 aromatic heterocycles. The largest absolute Gasteiger partial charge is 0.294 e. The molecule has 100 valence electrons. The molecule has 2 bridgehead atoms. The summed E-state index contributed by atoms with van der Waals surface area (Å²) < 4.78 is 0. The van der Waals surface area contributed by atoms with Crippen LogP contribution in [-0.4, -0.2) is 5.78 Å². The highest BCUT2D eigenvalue weighted by atomic mass is 16.1. The molecule has 1 aromatic carbocycles. The zero-order chi connectivity index (χ0) is 13.8. The molecule has 0 saturated heterocycles. The minimum Gasteiger partial charge on any atom is -0.294 e. The number of fused-ring (bicyclic) bond motifs is 2. The molecule has 19 heavy (non-hydrogen) atoms. The maximum atomic E-state index is 12.6. The number of ketones is 1. The van der Waals surface area contributed by atoms with Gasteiger partial charge in [0, 0.05) is 16.9 Å². The van der Waals surface area contributed by atoms with E-state index in [0.29, 0.717) is 5.78 Å². The first-order valence-electron chi connectivity index (χ1n) is 7.19. The number of Topliss-reactive ketones (excluding diaryl/α,β-unsaturated/α-hetero) is 1. The minimum absolute atomic E-state index is 0.0552. The quantitative estimate of drug-likeness (QED) is 0.679. The van der Waals surface area contributed by atoms with Crippen molar-refractivity contribution in [3.63, 3.8) is 0 Å². The number of hydrogen-bond donors (Lipinski definition) is 0. The SMILES string of the molecule is Cc1ccc(/C=C2/C(=O)[C@H]3CC[C@@]2(C)C3(C)C)cc1. The van der Waals surface area contributed by atoms with Crippen LogP contribution in [0.4, 0.5) is 0 Å². The molecule has 2 aliphatic carbocycles. The average Bonchev–Trinajstić information content (AvgIpc) is 2.66. The van der Waals surface area contributed by atoms with Gasteiger partial charge in [0.15, 0.2) is 5.78 Å². The van der Waals surface area contributed by atoms with E-state index in [2.05, 4.69) is 58.0 Å². The van der Waals surface area contributed by atoms with Crippen molar-refractivity contribution in [3.05, 3.63) is 41.0 Å². The fraction of sp³-hybridized carbons (Fsp3) is 0.500. The normalized spacial score (nSPS) is 34.2. The van der Waals surface area contributed by atoms with Gasteiger partial charge in [0.05, 0.1) is 0 Å². The van der Waals surface area contributed by atoms with Crippen molar-refractivity contribution < 1.29 is 4.79 Å². The summed E-state index contributed by atoms with van der Waals surface area (Å²) >= 11 is 0. The van der Waals surface area contributed by atoms with Gasteiger partial charge in [-0.05, 0) is 36.8 Å². The number of allylic oxidation sites excluding steroid dienone is 1. The van der Waals surface area contributed by atoms with Crippen LogP contribution in [0.2, 0.25) is 0 Å². The van der Waals surface area contributed by atoms with E-state index >= 15 is 0 Å². The minimum atomic E-state index is 0.0552. The van der Waals surface area contributed by atoms with Gasteiger partial charge in [0.25, 0.3) is 0 Å². The molecule has 2 atom stereocenters. The summed E-state index contributed by atoms with van der Waals surface area (Å²) in [5.41, 5.74) is 3.63. The Balaban J connectivity index is 2.07. The average molecular weight is 254 g/mol. The van der Waals surface area contributed by atoms with E-state index in [1.807, 2.05) is 0 Å². The molecule has 1 nitrogen and oxygen atoms in total. The monoisotopic (exact) mass is 254 g/mol. The van der Waals surface area contributed by atoms with Crippen LogP contribution in [0.3, 0.4) is 0 Å². The van der Waals surface area contributed by atoms with Gasteiger partial charge in [0.2, 0.25) is 0 Å². The first-order valence-corrected chi connectivity index (χ1v) is 7.19. The number of carbonyl (C=O) groups is 1. The van der Waals surface area contributed by atoms with Crippen LogP contribution in [0, 0.1) is 23.7 Å². The van der Waals surface area contributed by atoms with Crippen molar-refractivity contribution in [2.75, 3.05) is 0 Å². The predicted octanol–water partition coefficient (Wildman–Crippen LogP) is 4.40. The third-order valence-electron chi connectivity index (χ3n) is 5.79. The first kappa shape index (κ1) is 12.7. The lowest BCUT2D eigenvalue weighted by atomic mass is 9.69. The first-order chi connectivity index (χ1) is 8.86. The lowest BCUT2D eigenvalue weighted by Gasteiger charge is -2.34. The summed E-state index contributed by atoms with van der Waals surface area (Å²) in [5.74, 6) is 0.619. The summed E-state index contributed by atoms with van der Waals surface area (Å²) in [4.78, 5) is 12.6. The Bertz CT molecular complexity index is 562. The van der Waals surface area contributed by atoms with Gasteiger partial charge in [-0.2, -0.15) is 0 Å². The molecule has 0 radical (unpaired) electrons. The fourth-order valence-corrected chi connectivity index (χ4v) is 3.96. The third-order valence-corrected chi connectivity index (χ3v) is 5.79. The van der Waals surface area contributed by atoms with Gasteiger partial charge in [-0.25, -0.2) is 0 Å². The Hall–Kier alpha value is -1.37. The molecule has 0 unspecified atom stereocenters. The summed E-state index contributed by atoms with van der Waals surface area (Å²) in [5, 5.41) is 0. The van der Waals surface area contributed by atoms with Crippen LogP contribution < -0.4 is 0 Å². The number of rotatable bonds is 1. The molecule has 0 heterocycles. The standard InChI is InChI=1S/C18H22O/c1-12-5-7-13(8-6-12)11-15-16(19)14-9-10-18(15,4)17(14,2)3/h5-8,11,14H,9-10H2,1-4H3/b15-11-/t14-,18-/m1/s1. The lowest BCUT2D eigenvalue weighted by molar-refractivity contribution is -0.119.